The zero-order valence-corrected chi connectivity index (χ0v) is 20.5. The van der Waals surface area contributed by atoms with Crippen LogP contribution in [0.15, 0.2) is 47.7 Å². The highest BCUT2D eigenvalue weighted by atomic mass is 127. The lowest BCUT2D eigenvalue weighted by molar-refractivity contribution is 0.254. The van der Waals surface area contributed by atoms with E-state index >= 15 is 0 Å². The molecule has 1 fully saturated rings. The van der Waals surface area contributed by atoms with E-state index in [9.17, 15) is 0 Å². The summed E-state index contributed by atoms with van der Waals surface area (Å²) < 4.78 is 0. The van der Waals surface area contributed by atoms with Gasteiger partial charge in [0.15, 0.2) is 5.96 Å². The normalized spacial score (nSPS) is 14.9. The number of hydrogen-bond acceptors (Lipinski definition) is 5. The number of anilines is 1. The molecular weight excluding hydrogens is 513 g/mol. The summed E-state index contributed by atoms with van der Waals surface area (Å²) >= 11 is 6.03. The van der Waals surface area contributed by atoms with Crippen molar-refractivity contribution in [2.45, 2.75) is 12.8 Å². The number of piperazine rings is 1. The van der Waals surface area contributed by atoms with Gasteiger partial charge in [0.25, 0.3) is 0 Å². The van der Waals surface area contributed by atoms with E-state index in [1.165, 1.54) is 5.56 Å². The molecule has 2 N–H and O–H groups in total. The first-order valence-electron chi connectivity index (χ1n) is 10.2. The Balaban J connectivity index is 0.00000320. The van der Waals surface area contributed by atoms with Crippen LogP contribution in [0.4, 0.5) is 5.95 Å². The molecule has 0 saturated carbocycles. The molecule has 3 rings (SSSR count). The molecule has 7 nitrogen and oxygen atoms in total. The summed E-state index contributed by atoms with van der Waals surface area (Å²) in [6, 6.07) is 9.83. The van der Waals surface area contributed by atoms with Gasteiger partial charge in [-0.15, -0.1) is 24.0 Å². The van der Waals surface area contributed by atoms with E-state index in [1.54, 1.807) is 19.4 Å². The predicted octanol–water partition coefficient (Wildman–Crippen LogP) is 2.67. The first-order chi connectivity index (χ1) is 14.2. The molecule has 0 aliphatic carbocycles. The van der Waals surface area contributed by atoms with Crippen molar-refractivity contribution >= 4 is 47.5 Å². The Kier molecular flexibility index (Phi) is 11.2. The van der Waals surface area contributed by atoms with Crippen molar-refractivity contribution in [2.24, 2.45) is 4.99 Å². The predicted molar refractivity (Wildman–Crippen MR) is 135 cm³/mol. The van der Waals surface area contributed by atoms with Crippen LogP contribution >= 0.6 is 35.6 Å². The third-order valence-electron chi connectivity index (χ3n) is 4.97. The van der Waals surface area contributed by atoms with Gasteiger partial charge in [0.05, 0.1) is 0 Å². The minimum atomic E-state index is 0. The Labute approximate surface area is 201 Å². The number of nitrogens with zero attached hydrogens (tertiary/aromatic N) is 5. The lowest BCUT2D eigenvalue weighted by atomic mass is 10.1. The summed E-state index contributed by atoms with van der Waals surface area (Å²) in [5.41, 5.74) is 1.22. The number of guanidine groups is 1. The van der Waals surface area contributed by atoms with Gasteiger partial charge in [-0.05, 0) is 43.1 Å². The van der Waals surface area contributed by atoms with Crippen molar-refractivity contribution in [2.75, 3.05) is 57.8 Å². The molecule has 0 radical (unpaired) electrons. The maximum absolute atomic E-state index is 6.03. The Morgan fingerprint density at radius 3 is 2.50 bits per heavy atom. The van der Waals surface area contributed by atoms with Crippen molar-refractivity contribution in [3.8, 4) is 0 Å². The molecule has 1 aliphatic heterocycles. The van der Waals surface area contributed by atoms with Gasteiger partial charge in [-0.3, -0.25) is 9.89 Å². The average molecular weight is 544 g/mol. The van der Waals surface area contributed by atoms with Crippen LogP contribution in [0.2, 0.25) is 5.02 Å². The van der Waals surface area contributed by atoms with Crippen LogP contribution < -0.4 is 15.5 Å². The third kappa shape index (κ3) is 8.23. The molecule has 0 bridgehead atoms. The van der Waals surface area contributed by atoms with E-state index in [4.69, 9.17) is 11.6 Å². The van der Waals surface area contributed by atoms with E-state index in [-0.39, 0.29) is 24.0 Å². The number of rotatable bonds is 8. The minimum Gasteiger partial charge on any atom is -0.356 e. The van der Waals surface area contributed by atoms with Crippen LogP contribution in [-0.4, -0.2) is 73.7 Å². The highest BCUT2D eigenvalue weighted by Crippen LogP contribution is 2.11. The maximum atomic E-state index is 6.03. The number of aliphatic imine (C=N–C) groups is 1. The summed E-state index contributed by atoms with van der Waals surface area (Å²) in [6.07, 6.45) is 5.60. The largest absolute Gasteiger partial charge is 0.356 e. The van der Waals surface area contributed by atoms with E-state index in [0.29, 0.717) is 0 Å². The van der Waals surface area contributed by atoms with Crippen LogP contribution in [0, 0.1) is 0 Å². The fraction of sp³-hybridized carbons (Fsp3) is 0.476. The van der Waals surface area contributed by atoms with Crippen molar-refractivity contribution in [3.05, 3.63) is 53.3 Å². The first kappa shape index (κ1) is 24.6. The van der Waals surface area contributed by atoms with Crippen molar-refractivity contribution < 1.29 is 0 Å². The van der Waals surface area contributed by atoms with Gasteiger partial charge >= 0.3 is 0 Å². The van der Waals surface area contributed by atoms with E-state index in [0.717, 1.165) is 75.6 Å². The monoisotopic (exact) mass is 543 g/mol. The Morgan fingerprint density at radius 2 is 1.80 bits per heavy atom. The molecule has 30 heavy (non-hydrogen) atoms. The van der Waals surface area contributed by atoms with E-state index < -0.39 is 0 Å². The number of nitrogens with one attached hydrogen (secondary N) is 2. The standard InChI is InChI=1S/C21H30ClN7.HI/c1-23-20(25-11-7-18-5-2-6-19(22)17-18)24-10-4-12-28-13-15-29(16-14-28)21-26-8-3-9-27-21;/h2-3,5-6,8-9,17H,4,7,10-16H2,1H3,(H2,23,24,25);1H. The van der Waals surface area contributed by atoms with Crippen LogP contribution in [0.3, 0.4) is 0 Å². The molecule has 2 aromatic rings. The molecule has 1 aromatic carbocycles. The van der Waals surface area contributed by atoms with Crippen molar-refractivity contribution in [1.29, 1.82) is 0 Å². The molecule has 164 valence electrons. The van der Waals surface area contributed by atoms with Gasteiger partial charge < -0.3 is 15.5 Å². The third-order valence-corrected chi connectivity index (χ3v) is 5.20. The number of aromatic nitrogens is 2. The SMILES string of the molecule is CN=C(NCCCN1CCN(c2ncccn2)CC1)NCCc1cccc(Cl)c1.I. The lowest BCUT2D eigenvalue weighted by Gasteiger charge is -2.34. The molecule has 2 heterocycles. The zero-order chi connectivity index (χ0) is 20.3. The molecule has 1 saturated heterocycles. The van der Waals surface area contributed by atoms with E-state index in [2.05, 4.69) is 41.5 Å². The fourth-order valence-electron chi connectivity index (χ4n) is 3.37. The van der Waals surface area contributed by atoms with Gasteiger partial charge in [-0.25, -0.2) is 9.97 Å². The van der Waals surface area contributed by atoms with Crippen LogP contribution in [0.1, 0.15) is 12.0 Å². The quantitative estimate of drug-likeness (QED) is 0.231. The molecule has 1 aromatic heterocycles. The number of halogens is 2. The van der Waals surface area contributed by atoms with Crippen molar-refractivity contribution in [1.82, 2.24) is 25.5 Å². The average Bonchev–Trinajstić information content (AvgIpc) is 2.76. The van der Waals surface area contributed by atoms with Gasteiger partial charge in [0.1, 0.15) is 0 Å². The zero-order valence-electron chi connectivity index (χ0n) is 17.4. The van der Waals surface area contributed by atoms with Gasteiger partial charge in [0, 0.05) is 63.7 Å². The Morgan fingerprint density at radius 1 is 1.07 bits per heavy atom. The summed E-state index contributed by atoms with van der Waals surface area (Å²) in [5, 5.41) is 7.54. The molecule has 1 aliphatic rings. The van der Waals surface area contributed by atoms with E-state index in [1.807, 2.05) is 24.3 Å². The summed E-state index contributed by atoms with van der Waals surface area (Å²) in [7, 11) is 1.81. The van der Waals surface area contributed by atoms with Gasteiger partial charge in [-0.2, -0.15) is 0 Å². The first-order valence-corrected chi connectivity index (χ1v) is 10.6. The number of benzene rings is 1. The fourth-order valence-corrected chi connectivity index (χ4v) is 3.59. The molecule has 9 heteroatoms. The summed E-state index contributed by atoms with van der Waals surface area (Å²) in [4.78, 5) is 17.7. The second kappa shape index (κ2) is 13.6. The molecule has 0 spiro atoms. The smallest absolute Gasteiger partial charge is 0.225 e. The number of hydrogen-bond donors (Lipinski definition) is 2. The Bertz CT molecular complexity index is 767. The summed E-state index contributed by atoms with van der Waals surface area (Å²) in [6.45, 7) is 6.85. The topological polar surface area (TPSA) is 68.7 Å². The van der Waals surface area contributed by atoms with Crippen LogP contribution in [0.25, 0.3) is 0 Å². The molecule has 0 atom stereocenters. The van der Waals surface area contributed by atoms with Crippen LogP contribution in [0.5, 0.6) is 0 Å². The van der Waals surface area contributed by atoms with Gasteiger partial charge in [0.2, 0.25) is 5.95 Å². The van der Waals surface area contributed by atoms with Crippen molar-refractivity contribution in [3.63, 3.8) is 0 Å². The minimum absolute atomic E-state index is 0. The second-order valence-corrected chi connectivity index (χ2v) is 7.47. The highest BCUT2D eigenvalue weighted by molar-refractivity contribution is 14.0. The molecular formula is C21H31ClIN7. The maximum Gasteiger partial charge on any atom is 0.225 e. The highest BCUT2D eigenvalue weighted by Gasteiger charge is 2.18. The lowest BCUT2D eigenvalue weighted by Crippen LogP contribution is -2.47. The summed E-state index contributed by atoms with van der Waals surface area (Å²) in [5.74, 6) is 1.68. The molecule has 0 unspecified atom stereocenters. The second-order valence-electron chi connectivity index (χ2n) is 7.04. The van der Waals surface area contributed by atoms with Gasteiger partial charge in [-0.1, -0.05) is 23.7 Å². The molecule has 0 amide bonds. The Hall–Kier alpha value is -1.65. The van der Waals surface area contributed by atoms with Crippen LogP contribution in [-0.2, 0) is 6.42 Å².